The van der Waals surface area contributed by atoms with E-state index in [1.165, 1.54) is 0 Å². The van der Waals surface area contributed by atoms with Gasteiger partial charge in [-0.3, -0.25) is 4.79 Å². The molecule has 0 saturated carbocycles. The summed E-state index contributed by atoms with van der Waals surface area (Å²) >= 11 is 10.8. The van der Waals surface area contributed by atoms with Gasteiger partial charge in [-0.2, -0.15) is 0 Å². The van der Waals surface area contributed by atoms with Gasteiger partial charge in [-0.05, 0) is 53.2 Å². The fourth-order valence-electron chi connectivity index (χ4n) is 1.57. The van der Waals surface area contributed by atoms with Gasteiger partial charge >= 0.3 is 0 Å². The van der Waals surface area contributed by atoms with Gasteiger partial charge in [-0.25, -0.2) is 0 Å². The predicted molar refractivity (Wildman–Crippen MR) is 82.3 cm³/mol. The Balaban J connectivity index is 1.96. The van der Waals surface area contributed by atoms with E-state index in [0.29, 0.717) is 17.2 Å². The smallest absolute Gasteiger partial charge is 0.178 e. The standard InChI is InChI=1S/C14H12BrClO2S/c1-9(18-11-4-2-3-10(16)7-11)13(17)8-12-5-6-14(15)19-12/h2-7,9H,8H2,1H3. The number of carbonyl (C=O) groups excluding carboxylic acids is 1. The first-order valence-electron chi connectivity index (χ1n) is 5.74. The summed E-state index contributed by atoms with van der Waals surface area (Å²) in [6, 6.07) is 10.9. The second kappa shape index (κ2) is 6.55. The number of halogens is 2. The number of hydrogen-bond acceptors (Lipinski definition) is 3. The fourth-order valence-corrected chi connectivity index (χ4v) is 3.25. The predicted octanol–water partition coefficient (Wildman–Crippen LogP) is 4.74. The van der Waals surface area contributed by atoms with E-state index in [-0.39, 0.29) is 5.78 Å². The minimum absolute atomic E-state index is 0.0503. The van der Waals surface area contributed by atoms with Crippen molar-refractivity contribution in [2.24, 2.45) is 0 Å². The highest BCUT2D eigenvalue weighted by Crippen LogP contribution is 2.23. The first-order valence-corrected chi connectivity index (χ1v) is 7.72. The quantitative estimate of drug-likeness (QED) is 0.770. The SMILES string of the molecule is CC(Oc1cccc(Cl)c1)C(=O)Cc1ccc(Br)s1. The molecule has 0 amide bonds. The van der Waals surface area contributed by atoms with Gasteiger partial charge in [-0.1, -0.05) is 17.7 Å². The number of rotatable bonds is 5. The molecule has 19 heavy (non-hydrogen) atoms. The Morgan fingerprint density at radius 1 is 1.42 bits per heavy atom. The number of benzene rings is 1. The van der Waals surface area contributed by atoms with Crippen molar-refractivity contribution in [2.45, 2.75) is 19.4 Å². The second-order valence-corrected chi connectivity index (χ2v) is 7.05. The molecule has 0 N–H and O–H groups in total. The highest BCUT2D eigenvalue weighted by molar-refractivity contribution is 9.11. The highest BCUT2D eigenvalue weighted by atomic mass is 79.9. The van der Waals surface area contributed by atoms with E-state index in [0.717, 1.165) is 8.66 Å². The van der Waals surface area contributed by atoms with Crippen LogP contribution in [0.4, 0.5) is 0 Å². The Hall–Kier alpha value is -0.840. The molecule has 0 saturated heterocycles. The van der Waals surface area contributed by atoms with Crippen molar-refractivity contribution in [2.75, 3.05) is 0 Å². The molecule has 0 spiro atoms. The number of thiophene rings is 1. The zero-order valence-corrected chi connectivity index (χ0v) is 13.4. The average Bonchev–Trinajstić information content (AvgIpc) is 2.74. The van der Waals surface area contributed by atoms with E-state index < -0.39 is 6.10 Å². The van der Waals surface area contributed by atoms with E-state index in [4.69, 9.17) is 16.3 Å². The lowest BCUT2D eigenvalue weighted by atomic mass is 10.1. The summed E-state index contributed by atoms with van der Waals surface area (Å²) in [6.45, 7) is 1.76. The third kappa shape index (κ3) is 4.34. The summed E-state index contributed by atoms with van der Waals surface area (Å²) in [6.07, 6.45) is -0.0998. The summed E-state index contributed by atoms with van der Waals surface area (Å²) in [5, 5.41) is 0.597. The molecule has 0 aliphatic heterocycles. The Bertz CT molecular complexity index is 582. The number of ketones is 1. The van der Waals surface area contributed by atoms with Crippen molar-refractivity contribution in [3.05, 3.63) is 50.1 Å². The molecule has 1 aromatic carbocycles. The molecule has 5 heteroatoms. The first-order chi connectivity index (χ1) is 9.04. The van der Waals surface area contributed by atoms with E-state index in [2.05, 4.69) is 15.9 Å². The zero-order chi connectivity index (χ0) is 13.8. The van der Waals surface area contributed by atoms with Crippen molar-refractivity contribution >= 4 is 44.7 Å². The molecule has 0 aliphatic carbocycles. The third-order valence-electron chi connectivity index (χ3n) is 2.54. The van der Waals surface area contributed by atoms with E-state index in [1.54, 1.807) is 42.5 Å². The monoisotopic (exact) mass is 358 g/mol. The lowest BCUT2D eigenvalue weighted by Gasteiger charge is -2.13. The van der Waals surface area contributed by atoms with Crippen LogP contribution in [0.2, 0.25) is 5.02 Å². The van der Waals surface area contributed by atoms with Crippen LogP contribution in [0.5, 0.6) is 5.75 Å². The summed E-state index contributed by atoms with van der Waals surface area (Å²) < 4.78 is 6.62. The Kier molecular flexibility index (Phi) is 5.02. The molecular weight excluding hydrogens is 348 g/mol. The van der Waals surface area contributed by atoms with Crippen LogP contribution >= 0.6 is 38.9 Å². The maximum Gasteiger partial charge on any atom is 0.178 e. The molecule has 1 aromatic heterocycles. The fraction of sp³-hybridized carbons (Fsp3) is 0.214. The lowest BCUT2D eigenvalue weighted by Crippen LogP contribution is -2.25. The molecule has 2 aromatic rings. The lowest BCUT2D eigenvalue weighted by molar-refractivity contribution is -0.124. The molecule has 1 atom stereocenters. The van der Waals surface area contributed by atoms with Crippen LogP contribution in [-0.2, 0) is 11.2 Å². The van der Waals surface area contributed by atoms with Crippen molar-refractivity contribution in [1.82, 2.24) is 0 Å². The van der Waals surface area contributed by atoms with Gasteiger partial charge in [0.15, 0.2) is 11.9 Å². The van der Waals surface area contributed by atoms with Gasteiger partial charge < -0.3 is 4.74 Å². The summed E-state index contributed by atoms with van der Waals surface area (Å²) in [5.74, 6) is 0.662. The number of Topliss-reactive ketones (excluding diaryl/α,β-unsaturated/α-hetero) is 1. The molecule has 1 heterocycles. The van der Waals surface area contributed by atoms with E-state index in [1.807, 2.05) is 12.1 Å². The maximum absolute atomic E-state index is 12.0. The maximum atomic E-state index is 12.0. The van der Waals surface area contributed by atoms with Crippen molar-refractivity contribution < 1.29 is 9.53 Å². The van der Waals surface area contributed by atoms with E-state index in [9.17, 15) is 4.79 Å². The highest BCUT2D eigenvalue weighted by Gasteiger charge is 2.16. The molecular formula is C14H12BrClO2S. The summed E-state index contributed by atoms with van der Waals surface area (Å²) in [5.41, 5.74) is 0. The topological polar surface area (TPSA) is 26.3 Å². The minimum atomic E-state index is -0.487. The first kappa shape index (κ1) is 14.6. The van der Waals surface area contributed by atoms with Gasteiger partial charge in [0, 0.05) is 16.3 Å². The van der Waals surface area contributed by atoms with Crippen LogP contribution in [0.25, 0.3) is 0 Å². The van der Waals surface area contributed by atoms with Crippen molar-refractivity contribution in [3.63, 3.8) is 0 Å². The van der Waals surface area contributed by atoms with Crippen LogP contribution in [0.15, 0.2) is 40.2 Å². The van der Waals surface area contributed by atoms with Crippen molar-refractivity contribution in [3.8, 4) is 5.75 Å². The number of carbonyl (C=O) groups is 1. The molecule has 0 fully saturated rings. The molecule has 100 valence electrons. The largest absolute Gasteiger partial charge is 0.483 e. The third-order valence-corrected chi connectivity index (χ3v) is 4.40. The molecule has 1 unspecified atom stereocenters. The Labute approximate surface area is 129 Å². The number of hydrogen-bond donors (Lipinski definition) is 0. The summed E-state index contributed by atoms with van der Waals surface area (Å²) in [4.78, 5) is 13.1. The number of ether oxygens (including phenoxy) is 1. The van der Waals surface area contributed by atoms with E-state index >= 15 is 0 Å². The molecule has 0 radical (unpaired) electrons. The van der Waals surface area contributed by atoms with Gasteiger partial charge in [-0.15, -0.1) is 11.3 Å². The van der Waals surface area contributed by atoms with Gasteiger partial charge in [0.1, 0.15) is 5.75 Å². The average molecular weight is 360 g/mol. The van der Waals surface area contributed by atoms with Crippen LogP contribution in [-0.4, -0.2) is 11.9 Å². The van der Waals surface area contributed by atoms with Crippen LogP contribution in [0.3, 0.4) is 0 Å². The van der Waals surface area contributed by atoms with Crippen LogP contribution in [0, 0.1) is 0 Å². The minimum Gasteiger partial charge on any atom is -0.483 e. The van der Waals surface area contributed by atoms with Crippen LogP contribution in [0.1, 0.15) is 11.8 Å². The summed E-state index contributed by atoms with van der Waals surface area (Å²) in [7, 11) is 0. The van der Waals surface area contributed by atoms with Crippen LogP contribution < -0.4 is 4.74 Å². The van der Waals surface area contributed by atoms with Crippen molar-refractivity contribution in [1.29, 1.82) is 0 Å². The van der Waals surface area contributed by atoms with Gasteiger partial charge in [0.05, 0.1) is 3.79 Å². The zero-order valence-electron chi connectivity index (χ0n) is 10.2. The van der Waals surface area contributed by atoms with Gasteiger partial charge in [0.2, 0.25) is 0 Å². The molecule has 0 aliphatic rings. The normalized spacial score (nSPS) is 12.2. The second-order valence-electron chi connectivity index (χ2n) is 4.07. The molecule has 2 rings (SSSR count). The Morgan fingerprint density at radius 2 is 2.21 bits per heavy atom. The Morgan fingerprint density at radius 3 is 2.84 bits per heavy atom. The molecule has 2 nitrogen and oxygen atoms in total. The molecule has 0 bridgehead atoms. The van der Waals surface area contributed by atoms with Gasteiger partial charge in [0.25, 0.3) is 0 Å².